The maximum absolute atomic E-state index is 11.8. The summed E-state index contributed by atoms with van der Waals surface area (Å²) in [6.07, 6.45) is 1.73. The van der Waals surface area contributed by atoms with E-state index in [1.54, 1.807) is 29.7 Å². The first kappa shape index (κ1) is 15.0. The number of anilines is 1. The minimum absolute atomic E-state index is 0.126. The molecule has 3 N–H and O–H groups in total. The van der Waals surface area contributed by atoms with Crippen molar-refractivity contribution in [3.8, 4) is 0 Å². The van der Waals surface area contributed by atoms with Crippen molar-refractivity contribution < 1.29 is 14.7 Å². The van der Waals surface area contributed by atoms with Crippen LogP contribution in [0.2, 0.25) is 0 Å². The Morgan fingerprint density at radius 1 is 1.43 bits per heavy atom. The normalized spacial score (nSPS) is 11.7. The Hall–Kier alpha value is -2.41. The number of amides is 2. The van der Waals surface area contributed by atoms with Crippen molar-refractivity contribution in [2.45, 2.75) is 12.8 Å². The molecule has 1 atom stereocenters. The summed E-state index contributed by atoms with van der Waals surface area (Å²) in [6, 6.07) is 5.72. The maximum atomic E-state index is 11.8. The highest BCUT2D eigenvalue weighted by molar-refractivity contribution is 7.09. The van der Waals surface area contributed by atoms with Crippen LogP contribution in [0.4, 0.5) is 10.5 Å². The van der Waals surface area contributed by atoms with Crippen molar-refractivity contribution in [3.63, 3.8) is 0 Å². The van der Waals surface area contributed by atoms with Crippen LogP contribution < -0.4 is 10.6 Å². The number of nitrogens with one attached hydrogen (secondary N) is 2. The van der Waals surface area contributed by atoms with E-state index in [0.29, 0.717) is 12.2 Å². The van der Waals surface area contributed by atoms with E-state index >= 15 is 0 Å². The minimum Gasteiger partial charge on any atom is -0.478 e. The zero-order valence-electron chi connectivity index (χ0n) is 11.4. The average molecular weight is 305 g/mol. The Morgan fingerprint density at radius 2 is 2.24 bits per heavy atom. The number of rotatable bonds is 5. The predicted molar refractivity (Wildman–Crippen MR) is 81.0 cm³/mol. The SMILES string of the molecule is CC(CNC(=O)Nc1cccc(C(=O)O)c1)c1nccs1. The van der Waals surface area contributed by atoms with Gasteiger partial charge in [-0.3, -0.25) is 0 Å². The number of nitrogens with zero attached hydrogens (tertiary/aromatic N) is 1. The van der Waals surface area contributed by atoms with E-state index in [-0.39, 0.29) is 17.5 Å². The zero-order valence-corrected chi connectivity index (χ0v) is 12.2. The molecule has 6 nitrogen and oxygen atoms in total. The summed E-state index contributed by atoms with van der Waals surface area (Å²) in [5.74, 6) is -0.905. The van der Waals surface area contributed by atoms with Crippen LogP contribution in [-0.4, -0.2) is 28.6 Å². The number of aromatic nitrogens is 1. The summed E-state index contributed by atoms with van der Waals surface area (Å²) in [6.45, 7) is 2.43. The van der Waals surface area contributed by atoms with Gasteiger partial charge in [-0.15, -0.1) is 11.3 Å². The average Bonchev–Trinajstić information content (AvgIpc) is 2.99. The van der Waals surface area contributed by atoms with Gasteiger partial charge in [0.05, 0.1) is 10.6 Å². The first-order chi connectivity index (χ1) is 10.1. The minimum atomic E-state index is -1.03. The third-order valence-electron chi connectivity index (χ3n) is 2.81. The van der Waals surface area contributed by atoms with Crippen molar-refractivity contribution in [2.75, 3.05) is 11.9 Å². The van der Waals surface area contributed by atoms with Gasteiger partial charge in [0.2, 0.25) is 0 Å². The fraction of sp³-hybridized carbons (Fsp3) is 0.214. The molecule has 2 amide bonds. The van der Waals surface area contributed by atoms with Crippen molar-refractivity contribution in [1.29, 1.82) is 0 Å². The van der Waals surface area contributed by atoms with Gasteiger partial charge in [-0.25, -0.2) is 14.6 Å². The van der Waals surface area contributed by atoms with Crippen LogP contribution >= 0.6 is 11.3 Å². The van der Waals surface area contributed by atoms with Gasteiger partial charge in [-0.2, -0.15) is 0 Å². The van der Waals surface area contributed by atoms with Gasteiger partial charge in [0.15, 0.2) is 0 Å². The molecule has 21 heavy (non-hydrogen) atoms. The Labute approximate surface area is 125 Å². The molecule has 0 fully saturated rings. The van der Waals surface area contributed by atoms with Gasteiger partial charge in [-0.05, 0) is 18.2 Å². The monoisotopic (exact) mass is 305 g/mol. The van der Waals surface area contributed by atoms with Gasteiger partial charge < -0.3 is 15.7 Å². The van der Waals surface area contributed by atoms with Crippen molar-refractivity contribution >= 4 is 29.0 Å². The molecule has 1 aromatic carbocycles. The van der Waals surface area contributed by atoms with Crippen LogP contribution in [0.5, 0.6) is 0 Å². The molecule has 7 heteroatoms. The number of aromatic carboxylic acids is 1. The predicted octanol–water partition coefficient (Wildman–Crippen LogP) is 2.77. The second-order valence-electron chi connectivity index (χ2n) is 4.49. The van der Waals surface area contributed by atoms with E-state index in [1.807, 2.05) is 12.3 Å². The van der Waals surface area contributed by atoms with Crippen LogP contribution in [-0.2, 0) is 0 Å². The molecule has 1 unspecified atom stereocenters. The first-order valence-corrected chi connectivity index (χ1v) is 7.22. The molecule has 0 saturated carbocycles. The molecular weight excluding hydrogens is 290 g/mol. The molecule has 0 saturated heterocycles. The van der Waals surface area contributed by atoms with E-state index in [1.165, 1.54) is 12.1 Å². The lowest BCUT2D eigenvalue weighted by atomic mass is 10.2. The topological polar surface area (TPSA) is 91.3 Å². The Morgan fingerprint density at radius 3 is 2.90 bits per heavy atom. The number of carboxylic acids is 1. The second-order valence-corrected chi connectivity index (χ2v) is 5.42. The summed E-state index contributed by atoms with van der Waals surface area (Å²) in [5, 5.41) is 17.1. The molecule has 1 aromatic heterocycles. The Kier molecular flexibility index (Phi) is 4.89. The Bertz CT molecular complexity index is 628. The van der Waals surface area contributed by atoms with Gasteiger partial charge in [0, 0.05) is 29.7 Å². The van der Waals surface area contributed by atoms with Crippen LogP contribution in [0.3, 0.4) is 0 Å². The number of carboxylic acid groups (broad SMARTS) is 1. The van der Waals surface area contributed by atoms with E-state index in [2.05, 4.69) is 15.6 Å². The number of carbonyl (C=O) groups is 2. The lowest BCUT2D eigenvalue weighted by Crippen LogP contribution is -2.31. The summed E-state index contributed by atoms with van der Waals surface area (Å²) in [4.78, 5) is 26.8. The molecule has 0 aliphatic carbocycles. The largest absolute Gasteiger partial charge is 0.478 e. The highest BCUT2D eigenvalue weighted by atomic mass is 32.1. The molecule has 110 valence electrons. The highest BCUT2D eigenvalue weighted by Gasteiger charge is 2.10. The summed E-state index contributed by atoms with van der Waals surface area (Å²) in [7, 11) is 0. The summed E-state index contributed by atoms with van der Waals surface area (Å²) >= 11 is 1.54. The number of hydrogen-bond acceptors (Lipinski definition) is 4. The fourth-order valence-electron chi connectivity index (χ4n) is 1.72. The van der Waals surface area contributed by atoms with Gasteiger partial charge >= 0.3 is 12.0 Å². The zero-order chi connectivity index (χ0) is 15.2. The van der Waals surface area contributed by atoms with Gasteiger partial charge in [0.25, 0.3) is 0 Å². The van der Waals surface area contributed by atoms with Gasteiger partial charge in [-0.1, -0.05) is 13.0 Å². The second kappa shape index (κ2) is 6.85. The molecule has 2 aromatic rings. The molecular formula is C14H15N3O3S. The smallest absolute Gasteiger partial charge is 0.335 e. The van der Waals surface area contributed by atoms with Crippen molar-refractivity contribution in [2.24, 2.45) is 0 Å². The van der Waals surface area contributed by atoms with E-state index in [9.17, 15) is 9.59 Å². The third kappa shape index (κ3) is 4.28. The standard InChI is InChI=1S/C14H15N3O3S/c1-9(12-15-5-6-21-12)8-16-14(20)17-11-4-2-3-10(7-11)13(18)19/h2-7,9H,8H2,1H3,(H,18,19)(H2,16,17,20). The van der Waals surface area contributed by atoms with E-state index in [0.717, 1.165) is 5.01 Å². The van der Waals surface area contributed by atoms with Gasteiger partial charge in [0.1, 0.15) is 0 Å². The molecule has 1 heterocycles. The summed E-state index contributed by atoms with van der Waals surface area (Å²) < 4.78 is 0. The molecule has 2 rings (SSSR count). The Balaban J connectivity index is 1.87. The van der Waals surface area contributed by atoms with E-state index in [4.69, 9.17) is 5.11 Å². The van der Waals surface area contributed by atoms with Crippen LogP contribution in [0.15, 0.2) is 35.8 Å². The van der Waals surface area contributed by atoms with Crippen molar-refractivity contribution in [1.82, 2.24) is 10.3 Å². The molecule has 0 aliphatic rings. The highest BCUT2D eigenvalue weighted by Crippen LogP contribution is 2.16. The van der Waals surface area contributed by atoms with Crippen LogP contribution in [0, 0.1) is 0 Å². The number of hydrogen-bond donors (Lipinski definition) is 3. The number of urea groups is 1. The quantitative estimate of drug-likeness (QED) is 0.792. The number of carbonyl (C=O) groups excluding carboxylic acids is 1. The molecule has 0 aliphatic heterocycles. The molecule has 0 bridgehead atoms. The van der Waals surface area contributed by atoms with E-state index < -0.39 is 5.97 Å². The van der Waals surface area contributed by atoms with Crippen molar-refractivity contribution in [3.05, 3.63) is 46.4 Å². The van der Waals surface area contributed by atoms with Crippen LogP contribution in [0.25, 0.3) is 0 Å². The maximum Gasteiger partial charge on any atom is 0.335 e. The molecule has 0 spiro atoms. The third-order valence-corrected chi connectivity index (χ3v) is 3.82. The fourth-order valence-corrected chi connectivity index (χ4v) is 2.41. The lowest BCUT2D eigenvalue weighted by molar-refractivity contribution is 0.0697. The summed E-state index contributed by atoms with van der Waals surface area (Å²) in [5.41, 5.74) is 0.568. The number of thiazole rings is 1. The van der Waals surface area contributed by atoms with Crippen LogP contribution in [0.1, 0.15) is 28.2 Å². The lowest BCUT2D eigenvalue weighted by Gasteiger charge is -2.11. The number of benzene rings is 1. The first-order valence-electron chi connectivity index (χ1n) is 6.34. The molecule has 0 radical (unpaired) electrons.